The van der Waals surface area contributed by atoms with Gasteiger partial charge in [-0.1, -0.05) is 6.08 Å². The molecule has 112 valence electrons. The van der Waals surface area contributed by atoms with Crippen LogP contribution in [0.5, 0.6) is 0 Å². The molecule has 21 heavy (non-hydrogen) atoms. The molecule has 0 aliphatic carbocycles. The van der Waals surface area contributed by atoms with Gasteiger partial charge < -0.3 is 22.1 Å². The molecule has 0 radical (unpaired) electrons. The Labute approximate surface area is 122 Å². The summed E-state index contributed by atoms with van der Waals surface area (Å²) in [5.41, 5.74) is 11.4. The van der Waals surface area contributed by atoms with Gasteiger partial charge in [0.05, 0.1) is 12.5 Å². The fourth-order valence-corrected chi connectivity index (χ4v) is 1.52. The average molecular weight is 290 g/mol. The van der Waals surface area contributed by atoms with Crippen LogP contribution in [0.3, 0.4) is 0 Å². The molecule has 0 heterocycles. The second-order valence-corrected chi connectivity index (χ2v) is 4.34. The van der Waals surface area contributed by atoms with Crippen LogP contribution in [0.2, 0.25) is 0 Å². The largest absolute Gasteiger partial charge is 0.370 e. The monoisotopic (exact) mass is 290 g/mol. The number of benzene rings is 1. The summed E-state index contributed by atoms with van der Waals surface area (Å²) in [6.45, 7) is 3.88. The van der Waals surface area contributed by atoms with Crippen molar-refractivity contribution in [3.63, 3.8) is 0 Å². The molecule has 0 saturated carbocycles. The molecular formula is C14H18N4O3. The summed E-state index contributed by atoms with van der Waals surface area (Å²) in [6, 6.07) is 5.26. The van der Waals surface area contributed by atoms with Crippen LogP contribution in [0, 0.1) is 0 Å². The van der Waals surface area contributed by atoms with E-state index in [0.717, 1.165) is 0 Å². The van der Waals surface area contributed by atoms with E-state index in [9.17, 15) is 14.4 Å². The molecule has 0 bridgehead atoms. The fourth-order valence-electron chi connectivity index (χ4n) is 1.52. The summed E-state index contributed by atoms with van der Waals surface area (Å²) in [6.07, 6.45) is 1.35. The van der Waals surface area contributed by atoms with E-state index in [4.69, 9.17) is 11.5 Å². The highest BCUT2D eigenvalue weighted by atomic mass is 16.2. The maximum absolute atomic E-state index is 11.7. The number of anilines is 1. The zero-order valence-corrected chi connectivity index (χ0v) is 11.5. The molecule has 0 fully saturated rings. The summed E-state index contributed by atoms with van der Waals surface area (Å²) in [5, 5.41) is 5.17. The minimum atomic E-state index is -1.00. The van der Waals surface area contributed by atoms with Crippen molar-refractivity contribution in [3.05, 3.63) is 42.5 Å². The molecule has 1 aromatic carbocycles. The zero-order chi connectivity index (χ0) is 15.8. The molecule has 7 heteroatoms. The van der Waals surface area contributed by atoms with E-state index >= 15 is 0 Å². The molecule has 0 aromatic heterocycles. The van der Waals surface area contributed by atoms with Crippen LogP contribution in [-0.2, 0) is 9.59 Å². The summed E-state index contributed by atoms with van der Waals surface area (Å²) >= 11 is 0. The fraction of sp³-hybridized carbons (Fsp3) is 0.214. The van der Waals surface area contributed by atoms with Gasteiger partial charge in [-0.05, 0) is 24.3 Å². The van der Waals surface area contributed by atoms with Gasteiger partial charge in [-0.25, -0.2) is 0 Å². The van der Waals surface area contributed by atoms with Gasteiger partial charge in [0.25, 0.3) is 5.91 Å². The number of nitrogens with one attached hydrogen (secondary N) is 2. The molecular weight excluding hydrogens is 272 g/mol. The normalized spacial score (nSPS) is 11.3. The number of hydrogen-bond acceptors (Lipinski definition) is 4. The topological polar surface area (TPSA) is 127 Å². The number of hydrogen-bond donors (Lipinski definition) is 4. The minimum absolute atomic E-state index is 0.228. The number of amides is 3. The van der Waals surface area contributed by atoms with E-state index in [1.807, 2.05) is 0 Å². The van der Waals surface area contributed by atoms with Crippen LogP contribution in [0.4, 0.5) is 5.69 Å². The third-order valence-corrected chi connectivity index (χ3v) is 2.58. The summed E-state index contributed by atoms with van der Waals surface area (Å²) in [7, 11) is 0. The Morgan fingerprint density at radius 3 is 2.38 bits per heavy atom. The molecule has 0 spiro atoms. The number of carbonyl (C=O) groups excluding carboxylic acids is 3. The molecule has 1 unspecified atom stereocenters. The van der Waals surface area contributed by atoms with E-state index in [1.165, 1.54) is 0 Å². The van der Waals surface area contributed by atoms with Gasteiger partial charge in [0.2, 0.25) is 11.8 Å². The molecule has 7 nitrogen and oxygen atoms in total. The highest BCUT2D eigenvalue weighted by Gasteiger charge is 2.16. The molecule has 6 N–H and O–H groups in total. The van der Waals surface area contributed by atoms with Gasteiger partial charge in [0.1, 0.15) is 0 Å². The summed E-state index contributed by atoms with van der Waals surface area (Å²) in [5.74, 6) is -1.40. The van der Waals surface area contributed by atoms with Gasteiger partial charge in [-0.2, -0.15) is 0 Å². The maximum atomic E-state index is 11.7. The first kappa shape index (κ1) is 16.4. The first-order valence-corrected chi connectivity index (χ1v) is 6.28. The van der Waals surface area contributed by atoms with Crippen molar-refractivity contribution in [2.24, 2.45) is 11.5 Å². The van der Waals surface area contributed by atoms with Crippen molar-refractivity contribution < 1.29 is 14.4 Å². The molecule has 3 amide bonds. The number of carbonyl (C=O) groups is 3. The van der Waals surface area contributed by atoms with Crippen molar-refractivity contribution in [1.82, 2.24) is 5.32 Å². The Kier molecular flexibility index (Phi) is 6.09. The molecule has 0 aliphatic heterocycles. The van der Waals surface area contributed by atoms with Crippen LogP contribution in [0.1, 0.15) is 16.8 Å². The number of primary amides is 1. The lowest BCUT2D eigenvalue weighted by Gasteiger charge is -2.11. The van der Waals surface area contributed by atoms with Crippen molar-refractivity contribution in [1.29, 1.82) is 0 Å². The van der Waals surface area contributed by atoms with Crippen LogP contribution >= 0.6 is 0 Å². The van der Waals surface area contributed by atoms with Crippen molar-refractivity contribution >= 4 is 23.4 Å². The molecule has 0 aliphatic rings. The molecule has 0 saturated heterocycles. The predicted octanol–water partition coefficient (Wildman–Crippen LogP) is -0.256. The third kappa shape index (κ3) is 5.45. The van der Waals surface area contributed by atoms with E-state index in [-0.39, 0.29) is 12.3 Å². The lowest BCUT2D eigenvalue weighted by atomic mass is 10.1. The van der Waals surface area contributed by atoms with Crippen molar-refractivity contribution in [3.8, 4) is 0 Å². The van der Waals surface area contributed by atoms with Gasteiger partial charge in [0.15, 0.2) is 0 Å². The van der Waals surface area contributed by atoms with Crippen molar-refractivity contribution in [2.45, 2.75) is 12.5 Å². The Balaban J connectivity index is 2.62. The molecule has 1 atom stereocenters. The smallest absolute Gasteiger partial charge is 0.251 e. The summed E-state index contributed by atoms with van der Waals surface area (Å²) < 4.78 is 0. The number of nitrogens with two attached hydrogens (primary N) is 2. The SMILES string of the molecule is C=CCNC(=O)c1ccc(NC(=O)C(N)CC(N)=O)cc1. The Hall–Kier alpha value is -2.67. The van der Waals surface area contributed by atoms with Gasteiger partial charge >= 0.3 is 0 Å². The van der Waals surface area contributed by atoms with Gasteiger partial charge in [-0.3, -0.25) is 14.4 Å². The number of rotatable bonds is 7. The average Bonchev–Trinajstić information content (AvgIpc) is 2.44. The standard InChI is InChI=1S/C14H18N4O3/c1-2-7-17-13(20)9-3-5-10(6-4-9)18-14(21)11(15)8-12(16)19/h2-6,11H,1,7-8,15H2,(H2,16,19)(H,17,20)(H,18,21). The Morgan fingerprint density at radius 2 is 1.86 bits per heavy atom. The molecule has 1 rings (SSSR count). The minimum Gasteiger partial charge on any atom is -0.370 e. The highest BCUT2D eigenvalue weighted by molar-refractivity contribution is 5.98. The first-order valence-electron chi connectivity index (χ1n) is 6.28. The van der Waals surface area contributed by atoms with Crippen molar-refractivity contribution in [2.75, 3.05) is 11.9 Å². The lowest BCUT2D eigenvalue weighted by Crippen LogP contribution is -2.39. The van der Waals surface area contributed by atoms with E-state index in [2.05, 4.69) is 17.2 Å². The zero-order valence-electron chi connectivity index (χ0n) is 11.5. The van der Waals surface area contributed by atoms with Crippen LogP contribution in [0.25, 0.3) is 0 Å². The van der Waals surface area contributed by atoms with Crippen LogP contribution in [-0.4, -0.2) is 30.3 Å². The van der Waals surface area contributed by atoms with Crippen LogP contribution in [0.15, 0.2) is 36.9 Å². The Bertz CT molecular complexity index is 540. The van der Waals surface area contributed by atoms with E-state index in [1.54, 1.807) is 30.3 Å². The van der Waals surface area contributed by atoms with E-state index < -0.39 is 17.9 Å². The first-order chi connectivity index (χ1) is 9.93. The maximum Gasteiger partial charge on any atom is 0.251 e. The van der Waals surface area contributed by atoms with Gasteiger partial charge in [-0.15, -0.1) is 6.58 Å². The molecule has 1 aromatic rings. The quantitative estimate of drug-likeness (QED) is 0.516. The van der Waals surface area contributed by atoms with Gasteiger partial charge in [0, 0.05) is 17.8 Å². The second kappa shape index (κ2) is 7.81. The third-order valence-electron chi connectivity index (χ3n) is 2.58. The highest BCUT2D eigenvalue weighted by Crippen LogP contribution is 2.10. The van der Waals surface area contributed by atoms with E-state index in [0.29, 0.717) is 17.8 Å². The van der Waals surface area contributed by atoms with Crippen LogP contribution < -0.4 is 22.1 Å². The Morgan fingerprint density at radius 1 is 1.24 bits per heavy atom. The summed E-state index contributed by atoms with van der Waals surface area (Å²) in [4.78, 5) is 34.0. The second-order valence-electron chi connectivity index (χ2n) is 4.34. The lowest BCUT2D eigenvalue weighted by molar-refractivity contribution is -0.123. The predicted molar refractivity (Wildman–Crippen MR) is 79.4 cm³/mol.